The Balaban J connectivity index is 2.42. The molecule has 1 fully saturated rings. The summed E-state index contributed by atoms with van der Waals surface area (Å²) in [7, 11) is -2.21. The molecule has 1 heterocycles. The van der Waals surface area contributed by atoms with E-state index in [9.17, 15) is 8.42 Å². The van der Waals surface area contributed by atoms with Gasteiger partial charge in [0.2, 0.25) is 10.0 Å². The van der Waals surface area contributed by atoms with Crippen molar-refractivity contribution in [2.45, 2.75) is 31.0 Å². The second-order valence-corrected chi connectivity index (χ2v) is 6.90. The minimum Gasteiger partial charge on any atom is -0.495 e. The fourth-order valence-electron chi connectivity index (χ4n) is 2.36. The molecule has 2 rings (SSSR count). The monoisotopic (exact) mass is 300 g/mol. The molecule has 2 unspecified atom stereocenters. The van der Waals surface area contributed by atoms with Gasteiger partial charge in [-0.3, -0.25) is 0 Å². The lowest BCUT2D eigenvalue weighted by atomic mass is 10.3. The van der Waals surface area contributed by atoms with Gasteiger partial charge in [0, 0.05) is 18.8 Å². The SMILES string of the molecule is COc1ccc(N)cc1S(=O)(=O)N1CC(C)OC(C)C1. The first-order valence-electron chi connectivity index (χ1n) is 6.43. The molecule has 1 aromatic rings. The van der Waals surface area contributed by atoms with Gasteiger partial charge >= 0.3 is 0 Å². The minimum atomic E-state index is -3.64. The number of nitrogen functional groups attached to an aromatic ring is 1. The molecular weight excluding hydrogens is 280 g/mol. The van der Waals surface area contributed by atoms with E-state index in [1.165, 1.54) is 17.5 Å². The van der Waals surface area contributed by atoms with Crippen LogP contribution in [0.15, 0.2) is 23.1 Å². The first-order chi connectivity index (χ1) is 9.34. The van der Waals surface area contributed by atoms with Crippen molar-refractivity contribution in [1.82, 2.24) is 4.31 Å². The number of methoxy groups -OCH3 is 1. The quantitative estimate of drug-likeness (QED) is 0.845. The van der Waals surface area contributed by atoms with Crippen molar-refractivity contribution in [2.24, 2.45) is 0 Å². The standard InChI is InChI=1S/C13H20N2O4S/c1-9-7-15(8-10(2)19-9)20(16,17)13-6-11(14)4-5-12(13)18-3/h4-6,9-10H,7-8,14H2,1-3H3. The molecule has 112 valence electrons. The van der Waals surface area contributed by atoms with Crippen molar-refractivity contribution in [3.05, 3.63) is 18.2 Å². The number of anilines is 1. The molecule has 1 aliphatic heterocycles. The van der Waals surface area contributed by atoms with E-state index >= 15 is 0 Å². The van der Waals surface area contributed by atoms with E-state index in [2.05, 4.69) is 0 Å². The summed E-state index contributed by atoms with van der Waals surface area (Å²) in [6.07, 6.45) is -0.277. The summed E-state index contributed by atoms with van der Waals surface area (Å²) in [5, 5.41) is 0. The molecule has 1 saturated heterocycles. The zero-order valence-corrected chi connectivity index (χ0v) is 12.7. The Labute approximate surface area is 119 Å². The van der Waals surface area contributed by atoms with Crippen LogP contribution in [0.2, 0.25) is 0 Å². The summed E-state index contributed by atoms with van der Waals surface area (Å²) in [6.45, 7) is 4.36. The van der Waals surface area contributed by atoms with Crippen molar-refractivity contribution < 1.29 is 17.9 Å². The number of morpholine rings is 1. The third kappa shape index (κ3) is 2.89. The molecule has 0 bridgehead atoms. The molecule has 0 aromatic heterocycles. The molecule has 0 radical (unpaired) electrons. The Morgan fingerprint density at radius 1 is 1.30 bits per heavy atom. The third-order valence-corrected chi connectivity index (χ3v) is 5.04. The summed E-state index contributed by atoms with van der Waals surface area (Å²) < 4.78 is 37.6. The van der Waals surface area contributed by atoms with Gasteiger partial charge in [-0.1, -0.05) is 0 Å². The van der Waals surface area contributed by atoms with E-state index in [-0.39, 0.29) is 17.1 Å². The van der Waals surface area contributed by atoms with Gasteiger partial charge in [-0.15, -0.1) is 0 Å². The average molecular weight is 300 g/mol. The number of hydrogen-bond donors (Lipinski definition) is 1. The Morgan fingerprint density at radius 2 is 1.90 bits per heavy atom. The zero-order valence-electron chi connectivity index (χ0n) is 11.9. The molecule has 6 nitrogen and oxygen atoms in total. The van der Waals surface area contributed by atoms with E-state index in [1.807, 2.05) is 13.8 Å². The van der Waals surface area contributed by atoms with Gasteiger partial charge in [0.15, 0.2) is 0 Å². The highest BCUT2D eigenvalue weighted by atomic mass is 32.2. The molecule has 0 amide bonds. The average Bonchev–Trinajstić information content (AvgIpc) is 2.37. The number of nitrogens with two attached hydrogens (primary N) is 1. The van der Waals surface area contributed by atoms with Crippen LogP contribution in [-0.2, 0) is 14.8 Å². The zero-order chi connectivity index (χ0) is 14.9. The van der Waals surface area contributed by atoms with Gasteiger partial charge in [-0.05, 0) is 32.0 Å². The van der Waals surface area contributed by atoms with Crippen LogP contribution in [0.5, 0.6) is 5.75 Å². The maximum absolute atomic E-state index is 12.7. The fraction of sp³-hybridized carbons (Fsp3) is 0.538. The van der Waals surface area contributed by atoms with Gasteiger partial charge < -0.3 is 15.2 Å². The van der Waals surface area contributed by atoms with E-state index in [4.69, 9.17) is 15.2 Å². The van der Waals surface area contributed by atoms with Crippen LogP contribution in [0.4, 0.5) is 5.69 Å². The largest absolute Gasteiger partial charge is 0.495 e. The first kappa shape index (κ1) is 15.1. The van der Waals surface area contributed by atoms with Crippen molar-refractivity contribution in [1.29, 1.82) is 0 Å². The maximum Gasteiger partial charge on any atom is 0.247 e. The number of benzene rings is 1. The second kappa shape index (κ2) is 5.59. The van der Waals surface area contributed by atoms with Crippen LogP contribution < -0.4 is 10.5 Å². The smallest absolute Gasteiger partial charge is 0.247 e. The molecule has 0 saturated carbocycles. The van der Waals surface area contributed by atoms with E-state index in [1.54, 1.807) is 12.1 Å². The molecule has 7 heteroatoms. The highest BCUT2D eigenvalue weighted by molar-refractivity contribution is 7.89. The van der Waals surface area contributed by atoms with Gasteiger partial charge in [-0.25, -0.2) is 8.42 Å². The van der Waals surface area contributed by atoms with Crippen molar-refractivity contribution >= 4 is 15.7 Å². The van der Waals surface area contributed by atoms with E-state index in [0.717, 1.165) is 0 Å². The van der Waals surface area contributed by atoms with E-state index < -0.39 is 10.0 Å². The van der Waals surface area contributed by atoms with Gasteiger partial charge in [0.05, 0.1) is 19.3 Å². The lowest BCUT2D eigenvalue weighted by molar-refractivity contribution is -0.0441. The Kier molecular flexibility index (Phi) is 4.22. The molecule has 0 spiro atoms. The molecule has 1 aromatic carbocycles. The summed E-state index contributed by atoms with van der Waals surface area (Å²) in [5.41, 5.74) is 6.09. The number of nitrogens with zero attached hydrogens (tertiary/aromatic N) is 1. The molecular formula is C13H20N2O4S. The molecule has 0 aliphatic carbocycles. The predicted molar refractivity (Wildman–Crippen MR) is 76.2 cm³/mol. The van der Waals surface area contributed by atoms with Gasteiger partial charge in [0.25, 0.3) is 0 Å². The summed E-state index contributed by atoms with van der Waals surface area (Å²) in [4.78, 5) is 0.0984. The molecule has 1 aliphatic rings. The fourth-order valence-corrected chi connectivity index (χ4v) is 4.14. The Hall–Kier alpha value is -1.31. The predicted octanol–water partition coefficient (Wildman–Crippen LogP) is 1.08. The van der Waals surface area contributed by atoms with Crippen molar-refractivity contribution in [3.63, 3.8) is 0 Å². The van der Waals surface area contributed by atoms with Crippen molar-refractivity contribution in [2.75, 3.05) is 25.9 Å². The lowest BCUT2D eigenvalue weighted by Gasteiger charge is -2.34. The normalized spacial score (nSPS) is 24.6. The molecule has 2 atom stereocenters. The number of sulfonamides is 1. The number of hydrogen-bond acceptors (Lipinski definition) is 5. The van der Waals surface area contributed by atoms with Crippen LogP contribution in [0.25, 0.3) is 0 Å². The topological polar surface area (TPSA) is 81.9 Å². The van der Waals surface area contributed by atoms with Crippen LogP contribution >= 0.6 is 0 Å². The van der Waals surface area contributed by atoms with Crippen molar-refractivity contribution in [3.8, 4) is 5.75 Å². The summed E-state index contributed by atoms with van der Waals surface area (Å²) >= 11 is 0. The van der Waals surface area contributed by atoms with Crippen LogP contribution in [-0.4, -0.2) is 45.1 Å². The summed E-state index contributed by atoms with van der Waals surface area (Å²) in [5.74, 6) is 0.297. The third-order valence-electron chi connectivity index (χ3n) is 3.19. The minimum absolute atomic E-state index is 0.0984. The Bertz CT molecular complexity index is 578. The van der Waals surface area contributed by atoms with E-state index in [0.29, 0.717) is 24.5 Å². The maximum atomic E-state index is 12.7. The van der Waals surface area contributed by atoms with Crippen LogP contribution in [0, 0.1) is 0 Å². The van der Waals surface area contributed by atoms with Crippen LogP contribution in [0.1, 0.15) is 13.8 Å². The van der Waals surface area contributed by atoms with Gasteiger partial charge in [-0.2, -0.15) is 4.31 Å². The van der Waals surface area contributed by atoms with Gasteiger partial charge in [0.1, 0.15) is 10.6 Å². The lowest BCUT2D eigenvalue weighted by Crippen LogP contribution is -2.48. The second-order valence-electron chi connectivity index (χ2n) is 4.99. The number of ether oxygens (including phenoxy) is 2. The Morgan fingerprint density at radius 3 is 2.45 bits per heavy atom. The number of rotatable bonds is 3. The summed E-state index contributed by atoms with van der Waals surface area (Å²) in [6, 6.07) is 4.61. The molecule has 20 heavy (non-hydrogen) atoms. The highest BCUT2D eigenvalue weighted by Gasteiger charge is 2.34. The van der Waals surface area contributed by atoms with Crippen LogP contribution in [0.3, 0.4) is 0 Å². The highest BCUT2D eigenvalue weighted by Crippen LogP contribution is 2.30. The first-order valence-corrected chi connectivity index (χ1v) is 7.87. The molecule has 2 N–H and O–H groups in total.